The van der Waals surface area contributed by atoms with E-state index in [0.717, 1.165) is 43.3 Å². The summed E-state index contributed by atoms with van der Waals surface area (Å²) in [6.07, 6.45) is 4.98. The minimum absolute atomic E-state index is 0.0788. The quantitative estimate of drug-likeness (QED) is 0.457. The lowest BCUT2D eigenvalue weighted by Gasteiger charge is -2.58. The van der Waals surface area contributed by atoms with Gasteiger partial charge in [-0.05, 0) is 73.3 Å². The molecule has 3 aliphatic heterocycles. The van der Waals surface area contributed by atoms with Crippen LogP contribution in [0.1, 0.15) is 63.6 Å². The molecule has 2 aromatic rings. The number of para-hydroxylation sites is 1. The second-order valence-electron chi connectivity index (χ2n) is 14.0. The Hall–Kier alpha value is -2.23. The molecule has 0 N–H and O–H groups in total. The van der Waals surface area contributed by atoms with E-state index >= 15 is 0 Å². The first kappa shape index (κ1) is 27.6. The monoisotopic (exact) mass is 582 g/mol. The molecule has 1 aromatic heterocycles. The topological polar surface area (TPSA) is 94.9 Å². The minimum atomic E-state index is -4.06. The Morgan fingerprint density at radius 2 is 1.95 bits per heavy atom. The number of carbonyl (C=O) groups is 2. The van der Waals surface area contributed by atoms with Crippen LogP contribution in [0.25, 0.3) is 10.9 Å². The predicted molar refractivity (Wildman–Crippen MR) is 155 cm³/mol. The summed E-state index contributed by atoms with van der Waals surface area (Å²) < 4.78 is 42.6. The fourth-order valence-electron chi connectivity index (χ4n) is 10.3. The number of ether oxygens (including phenoxy) is 2. The van der Waals surface area contributed by atoms with Crippen LogP contribution in [0.4, 0.5) is 0 Å². The van der Waals surface area contributed by atoms with Crippen molar-refractivity contribution in [1.29, 1.82) is 0 Å². The third kappa shape index (κ3) is 3.48. The van der Waals surface area contributed by atoms with Crippen LogP contribution in [0.5, 0.6) is 0 Å². The van der Waals surface area contributed by atoms with Crippen molar-refractivity contribution in [2.45, 2.75) is 70.3 Å². The van der Waals surface area contributed by atoms with Crippen molar-refractivity contribution in [2.75, 3.05) is 39.7 Å². The molecule has 5 fully saturated rings. The molecule has 0 amide bonds. The molecular weight excluding hydrogens is 540 g/mol. The van der Waals surface area contributed by atoms with E-state index in [-0.39, 0.29) is 46.7 Å². The van der Waals surface area contributed by atoms with Crippen molar-refractivity contribution in [3.05, 3.63) is 35.5 Å². The van der Waals surface area contributed by atoms with Crippen molar-refractivity contribution in [3.8, 4) is 0 Å². The van der Waals surface area contributed by atoms with Crippen LogP contribution in [-0.2, 0) is 40.9 Å². The molecule has 3 aliphatic carbocycles. The zero-order valence-electron chi connectivity index (χ0n) is 24.6. The molecule has 2 saturated heterocycles. The van der Waals surface area contributed by atoms with Crippen LogP contribution in [0.15, 0.2) is 24.3 Å². The van der Waals surface area contributed by atoms with E-state index in [9.17, 15) is 18.0 Å². The summed E-state index contributed by atoms with van der Waals surface area (Å²) in [4.78, 5) is 30.2. The number of Topliss-reactive ketones (excluding diaryl/α,β-unsaturated/α-hetero) is 1. The van der Waals surface area contributed by atoms with Crippen LogP contribution < -0.4 is 0 Å². The number of nitrogens with zero attached hydrogens (tertiary/aromatic N) is 2. The highest BCUT2D eigenvalue weighted by molar-refractivity contribution is 7.90. The van der Waals surface area contributed by atoms with Crippen LogP contribution in [0, 0.1) is 28.6 Å². The lowest BCUT2D eigenvalue weighted by molar-refractivity contribution is -0.163. The van der Waals surface area contributed by atoms with Gasteiger partial charge in [-0.15, -0.1) is 0 Å². The van der Waals surface area contributed by atoms with Gasteiger partial charge < -0.3 is 9.47 Å². The third-order valence-corrected chi connectivity index (χ3v) is 14.0. The van der Waals surface area contributed by atoms with Crippen LogP contribution in [0.2, 0.25) is 0 Å². The summed E-state index contributed by atoms with van der Waals surface area (Å²) in [6.45, 7) is 6.42. The van der Waals surface area contributed by atoms with E-state index in [0.29, 0.717) is 43.5 Å². The van der Waals surface area contributed by atoms with E-state index in [1.165, 1.54) is 11.1 Å². The number of fused-ring (bicyclic) bond motifs is 6. The van der Waals surface area contributed by atoms with E-state index in [1.807, 2.05) is 24.3 Å². The van der Waals surface area contributed by atoms with Crippen LogP contribution >= 0.6 is 0 Å². The van der Waals surface area contributed by atoms with Gasteiger partial charge in [-0.3, -0.25) is 14.5 Å². The molecule has 0 spiro atoms. The lowest BCUT2D eigenvalue weighted by Crippen LogP contribution is -2.68. The fourth-order valence-corrected chi connectivity index (χ4v) is 12.8. The Morgan fingerprint density at radius 1 is 1.17 bits per heavy atom. The minimum Gasteiger partial charge on any atom is -0.468 e. The smallest absolute Gasteiger partial charge is 0.319 e. The number of ketones is 1. The van der Waals surface area contributed by atoms with Gasteiger partial charge in [-0.1, -0.05) is 32.0 Å². The molecule has 1 aromatic carbocycles. The normalized spacial score (nSPS) is 36.9. The lowest BCUT2D eigenvalue weighted by atomic mass is 9.56. The number of piperidine rings is 2. The maximum atomic E-state index is 15.0. The van der Waals surface area contributed by atoms with Crippen LogP contribution in [0.3, 0.4) is 0 Å². The average Bonchev–Trinajstić information content (AvgIpc) is 3.45. The van der Waals surface area contributed by atoms with Gasteiger partial charge >= 0.3 is 5.97 Å². The van der Waals surface area contributed by atoms with Gasteiger partial charge in [0, 0.05) is 44.7 Å². The van der Waals surface area contributed by atoms with Crippen molar-refractivity contribution in [2.24, 2.45) is 28.6 Å². The molecule has 7 atom stereocenters. The number of benzene rings is 1. The molecule has 6 aliphatic rings. The molecule has 8 nitrogen and oxygen atoms in total. The highest BCUT2D eigenvalue weighted by Gasteiger charge is 2.67. The highest BCUT2D eigenvalue weighted by atomic mass is 32.2. The van der Waals surface area contributed by atoms with E-state index in [2.05, 4.69) is 18.7 Å². The molecule has 8 rings (SSSR count). The average molecular weight is 583 g/mol. The fraction of sp³-hybridized carbons (Fsp3) is 0.688. The second-order valence-corrected chi connectivity index (χ2v) is 15.8. The standard InChI is InChI=1S/C32H42N2O6S/c1-30(2)22-9-12-31(30,26(35)16-22)19-41(37,38)34-25-8-6-5-7-23(25)24-10-13-33-18-20-15-21(11-14-39-3)27(33)32(17-20,28(24)34)29(36)40-4/h5-8,20-22,27H,9-19H2,1-4H3/t20-,21+,22-,27+,31-,32+/m1/s1. The zero-order valence-corrected chi connectivity index (χ0v) is 25.5. The number of esters is 1. The maximum Gasteiger partial charge on any atom is 0.319 e. The Morgan fingerprint density at radius 3 is 2.63 bits per heavy atom. The molecule has 1 unspecified atom stereocenters. The highest BCUT2D eigenvalue weighted by Crippen LogP contribution is 2.65. The van der Waals surface area contributed by atoms with E-state index in [4.69, 9.17) is 9.47 Å². The van der Waals surface area contributed by atoms with Crippen molar-refractivity contribution < 1.29 is 27.5 Å². The van der Waals surface area contributed by atoms with E-state index < -0.39 is 20.9 Å². The van der Waals surface area contributed by atoms with E-state index in [1.54, 1.807) is 7.11 Å². The third-order valence-electron chi connectivity index (χ3n) is 12.2. The number of carbonyl (C=O) groups excluding carboxylic acids is 2. The zero-order chi connectivity index (χ0) is 28.9. The predicted octanol–water partition coefficient (Wildman–Crippen LogP) is 3.93. The van der Waals surface area contributed by atoms with Gasteiger partial charge in [0.15, 0.2) is 0 Å². The molecule has 3 saturated carbocycles. The number of rotatable bonds is 7. The van der Waals surface area contributed by atoms with Gasteiger partial charge in [0.25, 0.3) is 0 Å². The molecule has 6 bridgehead atoms. The summed E-state index contributed by atoms with van der Waals surface area (Å²) in [5.41, 5.74) is -0.261. The Bertz CT molecular complexity index is 1540. The van der Waals surface area contributed by atoms with Gasteiger partial charge in [0.05, 0.1) is 29.5 Å². The van der Waals surface area contributed by atoms with Gasteiger partial charge in [-0.25, -0.2) is 12.4 Å². The summed E-state index contributed by atoms with van der Waals surface area (Å²) >= 11 is 0. The number of methoxy groups -OCH3 is 2. The Balaban J connectivity index is 1.49. The molecule has 9 heteroatoms. The van der Waals surface area contributed by atoms with Gasteiger partial charge in [0.1, 0.15) is 11.2 Å². The van der Waals surface area contributed by atoms with Crippen LogP contribution in [-0.4, -0.2) is 74.8 Å². The largest absolute Gasteiger partial charge is 0.468 e. The summed E-state index contributed by atoms with van der Waals surface area (Å²) in [5.74, 6) is 0.162. The number of hydrogen-bond donors (Lipinski definition) is 0. The second kappa shape index (κ2) is 9.13. The maximum absolute atomic E-state index is 15.0. The molecule has 0 radical (unpaired) electrons. The molecule has 4 heterocycles. The first-order chi connectivity index (χ1) is 19.5. The molecule has 222 valence electrons. The number of hydrogen-bond acceptors (Lipinski definition) is 7. The van der Waals surface area contributed by atoms with Crippen molar-refractivity contribution >= 4 is 32.7 Å². The summed E-state index contributed by atoms with van der Waals surface area (Å²) in [5, 5.41) is 0.881. The van der Waals surface area contributed by atoms with Gasteiger partial charge in [0.2, 0.25) is 10.0 Å². The Kier molecular flexibility index (Phi) is 6.15. The number of aromatic nitrogens is 1. The first-order valence-electron chi connectivity index (χ1n) is 15.2. The Labute approximate surface area is 242 Å². The molecule has 41 heavy (non-hydrogen) atoms. The summed E-state index contributed by atoms with van der Waals surface area (Å²) in [7, 11) is -0.927. The first-order valence-corrected chi connectivity index (χ1v) is 16.8. The van der Waals surface area contributed by atoms with Gasteiger partial charge in [-0.2, -0.15) is 0 Å². The van der Waals surface area contributed by atoms with Crippen molar-refractivity contribution in [1.82, 2.24) is 8.87 Å². The summed E-state index contributed by atoms with van der Waals surface area (Å²) in [6, 6.07) is 7.50. The molecular formula is C32H42N2O6S. The van der Waals surface area contributed by atoms with Crippen molar-refractivity contribution in [3.63, 3.8) is 0 Å². The SMILES string of the molecule is COCC[C@H]1C[C@H]2CN3CCc4c(n(S(=O)(=O)C[C@]56CC[C@H](CC5=O)C6(C)C)c5ccccc45)[C@](C(=O)OC)(C2)[C@H]13.